The van der Waals surface area contributed by atoms with Gasteiger partial charge >= 0.3 is 6.18 Å². The van der Waals surface area contributed by atoms with Gasteiger partial charge in [-0.1, -0.05) is 6.92 Å². The van der Waals surface area contributed by atoms with Crippen LogP contribution in [0.1, 0.15) is 32.5 Å². The summed E-state index contributed by atoms with van der Waals surface area (Å²) in [6, 6.07) is 5.30. The Morgan fingerprint density at radius 1 is 1.18 bits per heavy atom. The van der Waals surface area contributed by atoms with Crippen LogP contribution in [0, 0.1) is 11.7 Å². The number of hydrogen-bond acceptors (Lipinski definition) is 3. The molecule has 1 atom stereocenters. The van der Waals surface area contributed by atoms with E-state index < -0.39 is 23.5 Å². The van der Waals surface area contributed by atoms with E-state index in [-0.39, 0.29) is 24.8 Å². The first-order valence-electron chi connectivity index (χ1n) is 9.01. The van der Waals surface area contributed by atoms with Gasteiger partial charge in [-0.3, -0.25) is 9.36 Å². The van der Waals surface area contributed by atoms with Crippen LogP contribution in [-0.2, 0) is 13.0 Å². The summed E-state index contributed by atoms with van der Waals surface area (Å²) in [5, 5.41) is 0. The lowest BCUT2D eigenvalue weighted by Crippen LogP contribution is -2.25. The molecule has 3 rings (SSSR count). The van der Waals surface area contributed by atoms with Crippen LogP contribution in [0.2, 0.25) is 0 Å². The molecule has 3 aromatic rings. The number of aryl methyl sites for hydroxylation is 2. The molecule has 0 saturated heterocycles. The molecule has 5 nitrogen and oxygen atoms in total. The minimum absolute atomic E-state index is 0.0755. The summed E-state index contributed by atoms with van der Waals surface area (Å²) in [4.78, 5) is 21.6. The summed E-state index contributed by atoms with van der Waals surface area (Å²) in [5.41, 5.74) is 0.525. The van der Waals surface area contributed by atoms with Crippen molar-refractivity contribution in [3.63, 3.8) is 0 Å². The van der Waals surface area contributed by atoms with Gasteiger partial charge in [0.1, 0.15) is 11.6 Å². The van der Waals surface area contributed by atoms with Crippen molar-refractivity contribution in [2.75, 3.05) is 0 Å². The fourth-order valence-electron chi connectivity index (χ4n) is 3.02. The lowest BCUT2D eigenvalue weighted by atomic mass is 10.0. The molecule has 0 aliphatic heterocycles. The predicted octanol–water partition coefficient (Wildman–Crippen LogP) is 4.26. The summed E-state index contributed by atoms with van der Waals surface area (Å²) in [5.74, 6) is -1.57. The highest BCUT2D eigenvalue weighted by Crippen LogP contribution is 2.29. The van der Waals surface area contributed by atoms with Crippen LogP contribution < -0.4 is 5.56 Å². The van der Waals surface area contributed by atoms with Crippen LogP contribution in [0.5, 0.6) is 0 Å². The Morgan fingerprint density at radius 3 is 2.46 bits per heavy atom. The summed E-state index contributed by atoms with van der Waals surface area (Å²) in [7, 11) is 0. The molecule has 2 aromatic heterocycles. The average molecular weight is 396 g/mol. The molecule has 0 fully saturated rings. The van der Waals surface area contributed by atoms with E-state index in [0.29, 0.717) is 23.7 Å². The average Bonchev–Trinajstić information content (AvgIpc) is 3.05. The van der Waals surface area contributed by atoms with Crippen molar-refractivity contribution in [1.82, 2.24) is 19.1 Å². The Bertz CT molecular complexity index is 1020. The monoisotopic (exact) mass is 396 g/mol. The zero-order valence-electron chi connectivity index (χ0n) is 15.5. The van der Waals surface area contributed by atoms with Gasteiger partial charge in [-0.25, -0.2) is 14.4 Å². The van der Waals surface area contributed by atoms with Gasteiger partial charge in [0.15, 0.2) is 11.2 Å². The molecule has 150 valence electrons. The fourth-order valence-corrected chi connectivity index (χ4v) is 3.02. The maximum atomic E-state index is 13.3. The lowest BCUT2D eigenvalue weighted by Gasteiger charge is -2.16. The first kappa shape index (κ1) is 20.0. The largest absolute Gasteiger partial charge is 0.391 e. The summed E-state index contributed by atoms with van der Waals surface area (Å²) in [6.07, 6.45) is -2.44. The quantitative estimate of drug-likeness (QED) is 0.585. The number of hydrogen-bond donors (Lipinski definition) is 0. The van der Waals surface area contributed by atoms with Crippen LogP contribution in [-0.4, -0.2) is 25.3 Å². The Morgan fingerprint density at radius 2 is 1.86 bits per heavy atom. The van der Waals surface area contributed by atoms with E-state index in [0.717, 1.165) is 6.92 Å². The van der Waals surface area contributed by atoms with E-state index in [1.165, 1.54) is 35.2 Å². The minimum Gasteiger partial charge on any atom is -0.315 e. The third kappa shape index (κ3) is 3.93. The van der Waals surface area contributed by atoms with Crippen LogP contribution >= 0.6 is 0 Å². The van der Waals surface area contributed by atoms with Crippen LogP contribution in [0.25, 0.3) is 16.9 Å². The zero-order chi connectivity index (χ0) is 20.5. The van der Waals surface area contributed by atoms with E-state index in [4.69, 9.17) is 0 Å². The molecular weight excluding hydrogens is 376 g/mol. The van der Waals surface area contributed by atoms with Crippen molar-refractivity contribution in [1.29, 1.82) is 0 Å². The molecular formula is C19H20F4N4O. The van der Waals surface area contributed by atoms with Gasteiger partial charge in [0.05, 0.1) is 17.9 Å². The molecule has 0 aliphatic rings. The molecule has 0 N–H and O–H groups in total. The molecule has 0 radical (unpaired) electrons. The van der Waals surface area contributed by atoms with Crippen LogP contribution in [0.15, 0.2) is 35.4 Å². The first-order valence-corrected chi connectivity index (χ1v) is 9.01. The number of aromatic nitrogens is 4. The first-order chi connectivity index (χ1) is 13.2. The van der Waals surface area contributed by atoms with Crippen molar-refractivity contribution >= 4 is 11.2 Å². The minimum atomic E-state index is -4.26. The Hall–Kier alpha value is -2.71. The van der Waals surface area contributed by atoms with Crippen LogP contribution in [0.4, 0.5) is 17.6 Å². The molecule has 1 aromatic carbocycles. The molecule has 0 amide bonds. The molecule has 0 aliphatic carbocycles. The van der Waals surface area contributed by atoms with Crippen LogP contribution in [0.3, 0.4) is 0 Å². The van der Waals surface area contributed by atoms with Crippen molar-refractivity contribution in [3.05, 3.63) is 52.6 Å². The number of benzene rings is 1. The topological polar surface area (TPSA) is 52.7 Å². The maximum absolute atomic E-state index is 13.3. The zero-order valence-corrected chi connectivity index (χ0v) is 15.5. The Kier molecular flexibility index (Phi) is 5.53. The fraction of sp³-hybridized carbons (Fsp3) is 0.421. The van der Waals surface area contributed by atoms with E-state index in [2.05, 4.69) is 9.97 Å². The predicted molar refractivity (Wildman–Crippen MR) is 96.9 cm³/mol. The molecule has 0 bridgehead atoms. The Balaban J connectivity index is 2.04. The van der Waals surface area contributed by atoms with E-state index in [1.807, 2.05) is 6.92 Å². The second-order valence-corrected chi connectivity index (χ2v) is 6.68. The highest BCUT2D eigenvalue weighted by atomic mass is 19.4. The second-order valence-electron chi connectivity index (χ2n) is 6.68. The van der Waals surface area contributed by atoms with Crippen molar-refractivity contribution in [2.24, 2.45) is 5.92 Å². The van der Waals surface area contributed by atoms with E-state index in [1.54, 1.807) is 4.57 Å². The smallest absolute Gasteiger partial charge is 0.315 e. The summed E-state index contributed by atoms with van der Waals surface area (Å²) >= 11 is 0. The molecule has 2 heterocycles. The second kappa shape index (κ2) is 7.73. The summed E-state index contributed by atoms with van der Waals surface area (Å²) in [6.45, 7) is 3.56. The standard InChI is InChI=1S/C19H20F4N4O/c1-3-26-11-24-16-17(26)25-15(6-4-5-12(2)19(21,22)23)27(18(16)28)14-9-7-13(20)8-10-14/h7-12H,3-6H2,1-2H3. The lowest BCUT2D eigenvalue weighted by molar-refractivity contribution is -0.171. The van der Waals surface area contributed by atoms with Gasteiger partial charge < -0.3 is 4.57 Å². The van der Waals surface area contributed by atoms with Crippen molar-refractivity contribution < 1.29 is 17.6 Å². The SMILES string of the molecule is CCn1cnc2c(=O)n(-c3ccc(F)cc3)c(CCCC(C)C(F)(F)F)nc21. The van der Waals surface area contributed by atoms with E-state index >= 15 is 0 Å². The number of halogens is 4. The van der Waals surface area contributed by atoms with Gasteiger partial charge in [-0.05, 0) is 44.0 Å². The number of imidazole rings is 1. The molecule has 28 heavy (non-hydrogen) atoms. The number of alkyl halides is 3. The number of nitrogens with zero attached hydrogens (tertiary/aromatic N) is 4. The van der Waals surface area contributed by atoms with Gasteiger partial charge in [0.25, 0.3) is 5.56 Å². The van der Waals surface area contributed by atoms with Crippen molar-refractivity contribution in [3.8, 4) is 5.69 Å². The number of rotatable bonds is 6. The summed E-state index contributed by atoms with van der Waals surface area (Å²) < 4.78 is 54.6. The highest BCUT2D eigenvalue weighted by Gasteiger charge is 2.35. The van der Waals surface area contributed by atoms with Gasteiger partial charge in [0, 0.05) is 13.0 Å². The molecule has 0 saturated carbocycles. The maximum Gasteiger partial charge on any atom is 0.391 e. The van der Waals surface area contributed by atoms with Gasteiger partial charge in [-0.2, -0.15) is 13.2 Å². The third-order valence-corrected chi connectivity index (χ3v) is 4.73. The molecule has 0 spiro atoms. The van der Waals surface area contributed by atoms with Crippen molar-refractivity contribution in [2.45, 2.75) is 45.8 Å². The Labute approximate surface area is 158 Å². The van der Waals surface area contributed by atoms with Gasteiger partial charge in [-0.15, -0.1) is 0 Å². The molecule has 1 unspecified atom stereocenters. The number of fused-ring (bicyclic) bond motifs is 1. The highest BCUT2D eigenvalue weighted by molar-refractivity contribution is 5.70. The third-order valence-electron chi connectivity index (χ3n) is 4.73. The van der Waals surface area contributed by atoms with Gasteiger partial charge in [0.2, 0.25) is 0 Å². The normalized spacial score (nSPS) is 13.2. The van der Waals surface area contributed by atoms with E-state index in [9.17, 15) is 22.4 Å². The molecule has 9 heteroatoms.